The summed E-state index contributed by atoms with van der Waals surface area (Å²) >= 11 is 0. The van der Waals surface area contributed by atoms with E-state index in [-0.39, 0.29) is 0 Å². The van der Waals surface area contributed by atoms with Crippen LogP contribution in [0.4, 0.5) is 0 Å². The van der Waals surface area contributed by atoms with Gasteiger partial charge in [-0.05, 0) is 43.0 Å². The lowest BCUT2D eigenvalue weighted by atomic mass is 9.99. The minimum atomic E-state index is -3.17. The molecule has 1 atom stereocenters. The first kappa shape index (κ1) is 21.0. The van der Waals surface area contributed by atoms with Crippen LogP contribution in [0.1, 0.15) is 36.5 Å². The van der Waals surface area contributed by atoms with Crippen molar-refractivity contribution in [2.24, 2.45) is 4.99 Å². The molecule has 0 saturated carbocycles. The third-order valence-corrected chi connectivity index (χ3v) is 5.43. The Morgan fingerprint density at radius 1 is 1.11 bits per heavy atom. The Labute approximate surface area is 162 Å². The number of aliphatic imine (C=N–C) groups is 1. The minimum Gasteiger partial charge on any atom is -0.357 e. The van der Waals surface area contributed by atoms with E-state index < -0.39 is 9.84 Å². The molecule has 0 saturated heterocycles. The first-order valence-electron chi connectivity index (χ1n) is 9.17. The van der Waals surface area contributed by atoms with Crippen LogP contribution in [0.15, 0.2) is 58.4 Å². The highest BCUT2D eigenvalue weighted by Crippen LogP contribution is 2.15. The Balaban J connectivity index is 1.99. The lowest BCUT2D eigenvalue weighted by molar-refractivity contribution is 0.602. The van der Waals surface area contributed by atoms with E-state index in [4.69, 9.17) is 0 Å². The van der Waals surface area contributed by atoms with Gasteiger partial charge in [-0.1, -0.05) is 48.9 Å². The van der Waals surface area contributed by atoms with Crippen LogP contribution in [-0.4, -0.2) is 33.7 Å². The summed E-state index contributed by atoms with van der Waals surface area (Å²) in [6.07, 6.45) is 1.21. The lowest BCUT2D eigenvalue weighted by Gasteiger charge is -2.16. The van der Waals surface area contributed by atoms with Crippen LogP contribution in [0.25, 0.3) is 0 Å². The number of sulfone groups is 1. The summed E-state index contributed by atoms with van der Waals surface area (Å²) in [6.45, 7) is 8.36. The van der Waals surface area contributed by atoms with Gasteiger partial charge < -0.3 is 10.6 Å². The van der Waals surface area contributed by atoms with Crippen LogP contribution in [0.3, 0.4) is 0 Å². The van der Waals surface area contributed by atoms with E-state index in [1.165, 1.54) is 17.4 Å². The molecule has 27 heavy (non-hydrogen) atoms. The van der Waals surface area contributed by atoms with Gasteiger partial charge in [0, 0.05) is 19.3 Å². The maximum absolute atomic E-state index is 11.5. The molecule has 0 amide bonds. The van der Waals surface area contributed by atoms with E-state index in [0.29, 0.717) is 17.4 Å². The van der Waals surface area contributed by atoms with Crippen molar-refractivity contribution in [2.75, 3.05) is 19.3 Å². The molecule has 0 aliphatic heterocycles. The summed E-state index contributed by atoms with van der Waals surface area (Å²) < 4.78 is 23.1. The zero-order valence-electron chi connectivity index (χ0n) is 16.5. The molecule has 0 fully saturated rings. The summed E-state index contributed by atoms with van der Waals surface area (Å²) in [4.78, 5) is 4.93. The van der Waals surface area contributed by atoms with Crippen molar-refractivity contribution >= 4 is 15.8 Å². The van der Waals surface area contributed by atoms with Gasteiger partial charge in [-0.2, -0.15) is 0 Å². The fourth-order valence-corrected chi connectivity index (χ4v) is 3.33. The number of benzene rings is 2. The second-order valence-corrected chi connectivity index (χ2v) is 8.82. The van der Waals surface area contributed by atoms with Gasteiger partial charge in [0.15, 0.2) is 15.8 Å². The molecule has 2 N–H and O–H groups in total. The molecule has 2 aromatic rings. The van der Waals surface area contributed by atoms with Crippen LogP contribution >= 0.6 is 0 Å². The predicted octanol–water partition coefficient (Wildman–Crippen LogP) is 3.26. The molecule has 0 spiro atoms. The topological polar surface area (TPSA) is 70.6 Å². The van der Waals surface area contributed by atoms with Gasteiger partial charge in [-0.25, -0.2) is 13.4 Å². The highest BCUT2D eigenvalue weighted by molar-refractivity contribution is 7.90. The van der Waals surface area contributed by atoms with E-state index in [9.17, 15) is 8.42 Å². The van der Waals surface area contributed by atoms with Crippen molar-refractivity contribution in [1.82, 2.24) is 10.6 Å². The van der Waals surface area contributed by atoms with E-state index in [0.717, 1.165) is 24.6 Å². The van der Waals surface area contributed by atoms with Crippen LogP contribution in [0.2, 0.25) is 0 Å². The van der Waals surface area contributed by atoms with Gasteiger partial charge in [0.05, 0.1) is 11.4 Å². The number of nitrogens with one attached hydrogen (secondary N) is 2. The van der Waals surface area contributed by atoms with Gasteiger partial charge in [-0.15, -0.1) is 0 Å². The third kappa shape index (κ3) is 6.71. The first-order chi connectivity index (χ1) is 12.8. The van der Waals surface area contributed by atoms with E-state index in [1.807, 2.05) is 6.92 Å². The predicted molar refractivity (Wildman–Crippen MR) is 112 cm³/mol. The average Bonchev–Trinajstić information content (AvgIpc) is 2.63. The molecule has 146 valence electrons. The van der Waals surface area contributed by atoms with Crippen molar-refractivity contribution < 1.29 is 8.42 Å². The van der Waals surface area contributed by atoms with Crippen molar-refractivity contribution in [3.8, 4) is 0 Å². The maximum Gasteiger partial charge on any atom is 0.191 e. The summed E-state index contributed by atoms with van der Waals surface area (Å²) in [6, 6.07) is 15.4. The normalized spacial score (nSPS) is 13.3. The zero-order chi connectivity index (χ0) is 19.9. The van der Waals surface area contributed by atoms with Crippen LogP contribution < -0.4 is 10.6 Å². The Morgan fingerprint density at radius 3 is 2.41 bits per heavy atom. The van der Waals surface area contributed by atoms with Crippen LogP contribution in [0.5, 0.6) is 0 Å². The Bertz CT molecular complexity index is 875. The number of hydrogen-bond donors (Lipinski definition) is 2. The Hall–Kier alpha value is -2.34. The molecule has 0 aromatic heterocycles. The lowest BCUT2D eigenvalue weighted by Crippen LogP contribution is -2.39. The zero-order valence-corrected chi connectivity index (χ0v) is 17.3. The molecule has 5 nitrogen and oxygen atoms in total. The smallest absolute Gasteiger partial charge is 0.191 e. The molecular formula is C21H29N3O2S. The van der Waals surface area contributed by atoms with E-state index in [2.05, 4.69) is 53.7 Å². The molecule has 0 bridgehead atoms. The summed E-state index contributed by atoms with van der Waals surface area (Å²) in [5.74, 6) is 1.12. The maximum atomic E-state index is 11.5. The number of hydrogen-bond acceptors (Lipinski definition) is 3. The summed E-state index contributed by atoms with van der Waals surface area (Å²) in [7, 11) is -3.17. The average molecular weight is 388 g/mol. The van der Waals surface area contributed by atoms with Gasteiger partial charge in [0.25, 0.3) is 0 Å². The van der Waals surface area contributed by atoms with E-state index >= 15 is 0 Å². The largest absolute Gasteiger partial charge is 0.357 e. The van der Waals surface area contributed by atoms with Crippen molar-refractivity contribution in [3.63, 3.8) is 0 Å². The molecule has 6 heteroatoms. The molecule has 0 aliphatic rings. The molecule has 2 rings (SSSR count). The molecule has 2 aromatic carbocycles. The molecule has 0 heterocycles. The Kier molecular flexibility index (Phi) is 7.42. The fraction of sp³-hybridized carbons (Fsp3) is 0.381. The van der Waals surface area contributed by atoms with Crippen LogP contribution in [-0.2, 0) is 16.4 Å². The van der Waals surface area contributed by atoms with Gasteiger partial charge in [-0.3, -0.25) is 0 Å². The van der Waals surface area contributed by atoms with Gasteiger partial charge in [0.1, 0.15) is 0 Å². The second-order valence-electron chi connectivity index (χ2n) is 6.81. The molecule has 1 unspecified atom stereocenters. The van der Waals surface area contributed by atoms with Crippen molar-refractivity contribution in [2.45, 2.75) is 38.1 Å². The van der Waals surface area contributed by atoms with Crippen molar-refractivity contribution in [1.29, 1.82) is 0 Å². The second kappa shape index (κ2) is 9.55. The highest BCUT2D eigenvalue weighted by Gasteiger charge is 2.08. The number of nitrogens with zero attached hydrogens (tertiary/aromatic N) is 1. The van der Waals surface area contributed by atoms with Gasteiger partial charge >= 0.3 is 0 Å². The van der Waals surface area contributed by atoms with Gasteiger partial charge in [0.2, 0.25) is 0 Å². The van der Waals surface area contributed by atoms with E-state index in [1.54, 1.807) is 24.3 Å². The SMILES string of the molecule is CCNC(=NCc1ccc(S(C)(=O)=O)cc1)NCC(C)c1cccc(C)c1. The monoisotopic (exact) mass is 387 g/mol. The first-order valence-corrected chi connectivity index (χ1v) is 11.1. The number of rotatable bonds is 7. The molecule has 0 aliphatic carbocycles. The summed E-state index contributed by atoms with van der Waals surface area (Å²) in [5.41, 5.74) is 3.53. The fourth-order valence-electron chi connectivity index (χ4n) is 2.70. The third-order valence-electron chi connectivity index (χ3n) is 4.30. The quantitative estimate of drug-likeness (QED) is 0.565. The molecule has 0 radical (unpaired) electrons. The van der Waals surface area contributed by atoms with Crippen molar-refractivity contribution in [3.05, 3.63) is 65.2 Å². The Morgan fingerprint density at radius 2 is 1.81 bits per heavy atom. The number of guanidine groups is 1. The molecular weight excluding hydrogens is 358 g/mol. The highest BCUT2D eigenvalue weighted by atomic mass is 32.2. The standard InChI is InChI=1S/C21H29N3O2S/c1-5-22-21(23-14-17(3)19-8-6-7-16(2)13-19)24-15-18-9-11-20(12-10-18)27(4,25)26/h6-13,17H,5,14-15H2,1-4H3,(H2,22,23,24). The number of aryl methyl sites for hydroxylation is 1. The minimum absolute atomic E-state index is 0.326. The summed E-state index contributed by atoms with van der Waals surface area (Å²) in [5, 5.41) is 6.64. The van der Waals surface area contributed by atoms with Crippen LogP contribution in [0, 0.1) is 6.92 Å².